The number of nitrogens with zero attached hydrogens (tertiary/aromatic N) is 1. The number of carbonyl (C=O) groups excluding carboxylic acids is 1. The molecule has 1 aliphatic rings. The van der Waals surface area contributed by atoms with Gasteiger partial charge in [-0.15, -0.1) is 0 Å². The van der Waals surface area contributed by atoms with E-state index in [2.05, 4.69) is 35.1 Å². The van der Waals surface area contributed by atoms with Crippen LogP contribution in [0.1, 0.15) is 33.1 Å². The molecule has 2 atom stereocenters. The van der Waals surface area contributed by atoms with Crippen LogP contribution >= 0.6 is 15.9 Å². The van der Waals surface area contributed by atoms with E-state index >= 15 is 0 Å². The molecule has 0 unspecified atom stereocenters. The molecule has 1 aromatic rings. The Labute approximate surface area is 128 Å². The van der Waals surface area contributed by atoms with Crippen molar-refractivity contribution in [2.75, 3.05) is 12.4 Å². The Kier molecular flexibility index (Phi) is 4.91. The molecule has 0 bridgehead atoms. The number of methoxy groups -OCH3 is 1. The molecule has 1 aromatic carbocycles. The van der Waals surface area contributed by atoms with E-state index in [1.165, 1.54) is 0 Å². The lowest BCUT2D eigenvalue weighted by molar-refractivity contribution is 0.188. The molecule has 0 spiro atoms. The molecule has 0 aromatic heterocycles. The first-order valence-electron chi connectivity index (χ1n) is 6.99. The lowest BCUT2D eigenvalue weighted by Crippen LogP contribution is -2.42. The second kappa shape index (κ2) is 6.48. The van der Waals surface area contributed by atoms with Crippen molar-refractivity contribution in [3.05, 3.63) is 22.7 Å². The number of carbonyl (C=O) groups is 1. The van der Waals surface area contributed by atoms with Gasteiger partial charge in [-0.2, -0.15) is 0 Å². The van der Waals surface area contributed by atoms with Gasteiger partial charge in [-0.25, -0.2) is 4.79 Å². The van der Waals surface area contributed by atoms with Crippen LogP contribution in [0.15, 0.2) is 22.7 Å². The van der Waals surface area contributed by atoms with Gasteiger partial charge in [-0.1, -0.05) is 6.92 Å². The summed E-state index contributed by atoms with van der Waals surface area (Å²) >= 11 is 3.46. The lowest BCUT2D eigenvalue weighted by atomic mass is 10.2. The van der Waals surface area contributed by atoms with Gasteiger partial charge < -0.3 is 15.0 Å². The molecule has 0 radical (unpaired) electrons. The lowest BCUT2D eigenvalue weighted by Gasteiger charge is -2.28. The number of hydrogen-bond acceptors (Lipinski definition) is 2. The Morgan fingerprint density at radius 3 is 2.90 bits per heavy atom. The van der Waals surface area contributed by atoms with Crippen molar-refractivity contribution in [3.63, 3.8) is 0 Å². The molecule has 5 heteroatoms. The molecule has 0 aliphatic carbocycles. The molecule has 4 nitrogen and oxygen atoms in total. The maximum absolute atomic E-state index is 12.5. The first-order valence-corrected chi connectivity index (χ1v) is 7.79. The maximum Gasteiger partial charge on any atom is 0.322 e. The van der Waals surface area contributed by atoms with E-state index in [4.69, 9.17) is 4.74 Å². The number of ether oxygens (including phenoxy) is 1. The van der Waals surface area contributed by atoms with Crippen molar-refractivity contribution in [3.8, 4) is 5.75 Å². The summed E-state index contributed by atoms with van der Waals surface area (Å²) in [5.41, 5.74) is 0.739. The minimum Gasteiger partial charge on any atom is -0.497 e. The molecule has 0 saturated carbocycles. The van der Waals surface area contributed by atoms with Gasteiger partial charge in [0.05, 0.1) is 12.8 Å². The van der Waals surface area contributed by atoms with E-state index < -0.39 is 0 Å². The van der Waals surface area contributed by atoms with Gasteiger partial charge in [-0.05, 0) is 54.2 Å². The number of anilines is 1. The smallest absolute Gasteiger partial charge is 0.322 e. The Balaban J connectivity index is 2.15. The summed E-state index contributed by atoms with van der Waals surface area (Å²) in [6.45, 7) is 4.24. The highest BCUT2D eigenvalue weighted by Gasteiger charge is 2.33. The zero-order valence-corrected chi connectivity index (χ0v) is 13.7. The quantitative estimate of drug-likeness (QED) is 0.893. The first-order chi connectivity index (χ1) is 9.56. The number of halogens is 1. The number of amides is 2. The normalized spacial score (nSPS) is 21.9. The van der Waals surface area contributed by atoms with Crippen molar-refractivity contribution in [2.45, 2.75) is 45.2 Å². The fraction of sp³-hybridized carbons (Fsp3) is 0.533. The van der Waals surface area contributed by atoms with E-state index in [-0.39, 0.29) is 6.03 Å². The molecule has 2 rings (SSSR count). The molecule has 1 heterocycles. The van der Waals surface area contributed by atoms with Crippen molar-refractivity contribution < 1.29 is 9.53 Å². The highest BCUT2D eigenvalue weighted by Crippen LogP contribution is 2.30. The minimum absolute atomic E-state index is 0.0317. The van der Waals surface area contributed by atoms with Gasteiger partial charge in [0.2, 0.25) is 0 Å². The Bertz CT molecular complexity index is 493. The van der Waals surface area contributed by atoms with Crippen molar-refractivity contribution in [2.24, 2.45) is 0 Å². The number of likely N-dealkylation sites (tertiary alicyclic amines) is 1. The topological polar surface area (TPSA) is 41.6 Å². The van der Waals surface area contributed by atoms with Gasteiger partial charge in [-0.3, -0.25) is 0 Å². The Morgan fingerprint density at radius 2 is 2.25 bits per heavy atom. The van der Waals surface area contributed by atoms with Crippen LogP contribution in [0, 0.1) is 0 Å². The van der Waals surface area contributed by atoms with Gasteiger partial charge in [0.1, 0.15) is 5.75 Å². The zero-order valence-electron chi connectivity index (χ0n) is 12.1. The molecular weight excluding hydrogens is 320 g/mol. The Hall–Kier alpha value is -1.23. The number of urea groups is 1. The van der Waals surface area contributed by atoms with Crippen molar-refractivity contribution >= 4 is 27.6 Å². The third kappa shape index (κ3) is 3.08. The van der Waals surface area contributed by atoms with E-state index in [1.807, 2.05) is 23.1 Å². The first kappa shape index (κ1) is 15.2. The summed E-state index contributed by atoms with van der Waals surface area (Å²) in [5.74, 6) is 0.727. The molecule has 1 saturated heterocycles. The zero-order chi connectivity index (χ0) is 14.7. The summed E-state index contributed by atoms with van der Waals surface area (Å²) in [5, 5.41) is 2.98. The fourth-order valence-electron chi connectivity index (χ4n) is 2.75. The van der Waals surface area contributed by atoms with Crippen molar-refractivity contribution in [1.82, 2.24) is 4.90 Å². The summed E-state index contributed by atoms with van der Waals surface area (Å²) in [6.07, 6.45) is 3.16. The molecule has 20 heavy (non-hydrogen) atoms. The number of nitrogens with one attached hydrogen (secondary N) is 1. The average molecular weight is 341 g/mol. The molecular formula is C15H21BrN2O2. The average Bonchev–Trinajstić information content (AvgIpc) is 2.82. The third-order valence-corrected chi connectivity index (χ3v) is 4.60. The summed E-state index contributed by atoms with van der Waals surface area (Å²) in [6, 6.07) is 6.16. The predicted octanol–water partition coefficient (Wildman–Crippen LogP) is 4.25. The van der Waals surface area contributed by atoms with Crippen LogP contribution in [0.25, 0.3) is 0 Å². The number of benzene rings is 1. The second-order valence-corrected chi connectivity index (χ2v) is 6.03. The highest BCUT2D eigenvalue weighted by molar-refractivity contribution is 9.10. The molecule has 1 fully saturated rings. The fourth-order valence-corrected chi connectivity index (χ4v) is 3.09. The summed E-state index contributed by atoms with van der Waals surface area (Å²) < 4.78 is 6.05. The van der Waals surface area contributed by atoms with E-state index in [0.717, 1.165) is 35.2 Å². The van der Waals surface area contributed by atoms with E-state index in [1.54, 1.807) is 7.11 Å². The molecule has 1 N–H and O–H groups in total. The summed E-state index contributed by atoms with van der Waals surface area (Å²) in [7, 11) is 1.62. The van der Waals surface area contributed by atoms with Crippen LogP contribution in [0.2, 0.25) is 0 Å². The standard InChI is InChI=1S/C15H21BrN2O2/c1-4-11-6-5-10(2)18(11)15(19)17-14-9-12(20-3)7-8-13(14)16/h7-11H,4-6H2,1-3H3,(H,17,19)/t10-,11-/m0/s1. The highest BCUT2D eigenvalue weighted by atomic mass is 79.9. The van der Waals surface area contributed by atoms with Gasteiger partial charge in [0.15, 0.2) is 0 Å². The monoisotopic (exact) mass is 340 g/mol. The SMILES string of the molecule is CC[C@H]1CC[C@H](C)N1C(=O)Nc1cc(OC)ccc1Br. The van der Waals surface area contributed by atoms with Crippen molar-refractivity contribution in [1.29, 1.82) is 0 Å². The number of hydrogen-bond donors (Lipinski definition) is 1. The van der Waals surface area contributed by atoms with Crippen LogP contribution in [0.5, 0.6) is 5.75 Å². The Morgan fingerprint density at radius 1 is 1.50 bits per heavy atom. The van der Waals surface area contributed by atoms with Crippen LogP contribution < -0.4 is 10.1 Å². The largest absolute Gasteiger partial charge is 0.497 e. The third-order valence-electron chi connectivity index (χ3n) is 3.91. The van der Waals surface area contributed by atoms with E-state index in [9.17, 15) is 4.79 Å². The van der Waals surface area contributed by atoms with Crippen LogP contribution in [0.4, 0.5) is 10.5 Å². The van der Waals surface area contributed by atoms with Gasteiger partial charge >= 0.3 is 6.03 Å². The van der Waals surface area contributed by atoms with Gasteiger partial charge in [0.25, 0.3) is 0 Å². The van der Waals surface area contributed by atoms with Gasteiger partial charge in [0, 0.05) is 22.6 Å². The molecule has 1 aliphatic heterocycles. The maximum atomic E-state index is 12.5. The minimum atomic E-state index is -0.0317. The van der Waals surface area contributed by atoms with Crippen LogP contribution in [-0.2, 0) is 0 Å². The number of rotatable bonds is 3. The molecule has 2 amide bonds. The second-order valence-electron chi connectivity index (χ2n) is 5.17. The summed E-state index contributed by atoms with van der Waals surface area (Å²) in [4.78, 5) is 14.5. The molecule has 110 valence electrons. The van der Waals surface area contributed by atoms with Crippen LogP contribution in [-0.4, -0.2) is 30.1 Å². The van der Waals surface area contributed by atoms with Crippen LogP contribution in [0.3, 0.4) is 0 Å². The van der Waals surface area contributed by atoms with E-state index in [0.29, 0.717) is 12.1 Å². The predicted molar refractivity (Wildman–Crippen MR) is 84.3 cm³/mol.